The molecule has 0 bridgehead atoms. The molecule has 0 saturated carbocycles. The summed E-state index contributed by atoms with van der Waals surface area (Å²) < 4.78 is 54.1. The normalized spacial score (nSPS) is 11.3. The van der Waals surface area contributed by atoms with E-state index in [4.69, 9.17) is 0 Å². The minimum absolute atomic E-state index is 0.146. The lowest BCUT2D eigenvalue weighted by molar-refractivity contribution is -0.139. The zero-order chi connectivity index (χ0) is 12.3. The molecule has 0 unspecified atom stereocenters. The number of ether oxygens (including phenoxy) is 1. The number of carbonyl (C=O) groups excluding carboxylic acids is 1. The third-order valence-electron chi connectivity index (χ3n) is 1.99. The zero-order valence-corrected chi connectivity index (χ0v) is 8.34. The largest absolute Gasteiger partial charge is 0.512 e. The van der Waals surface area contributed by atoms with Crippen LogP contribution in [0.5, 0.6) is 0 Å². The lowest BCUT2D eigenvalue weighted by atomic mass is 9.79. The number of esters is 1. The molecule has 0 aliphatic carbocycles. The van der Waals surface area contributed by atoms with Gasteiger partial charge in [-0.05, 0) is 11.6 Å². The summed E-state index contributed by atoms with van der Waals surface area (Å²) in [5, 5.41) is 0. The van der Waals surface area contributed by atoms with Gasteiger partial charge in [0.2, 0.25) is 0 Å². The van der Waals surface area contributed by atoms with Crippen molar-refractivity contribution in [2.24, 2.45) is 0 Å². The molecule has 0 radical (unpaired) electrons. The molecule has 1 aromatic rings. The molecular weight excluding hydrogens is 227 g/mol. The molecule has 1 rings (SSSR count). The third-order valence-corrected chi connectivity index (χ3v) is 1.99. The van der Waals surface area contributed by atoms with Crippen LogP contribution in [0.25, 0.3) is 0 Å². The van der Waals surface area contributed by atoms with Gasteiger partial charge in [-0.2, -0.15) is 0 Å². The summed E-state index contributed by atoms with van der Waals surface area (Å²) in [4.78, 5) is 10.8. The summed E-state index contributed by atoms with van der Waals surface area (Å²) in [7, 11) is 1.14. The van der Waals surface area contributed by atoms with Gasteiger partial charge < -0.3 is 17.7 Å². The van der Waals surface area contributed by atoms with E-state index in [2.05, 4.69) is 4.74 Å². The molecule has 16 heavy (non-hydrogen) atoms. The first kappa shape index (κ1) is 12.5. The first-order chi connectivity index (χ1) is 7.34. The maximum Gasteiger partial charge on any atom is 0.512 e. The Labute approximate surface area is 89.3 Å². The van der Waals surface area contributed by atoms with Crippen molar-refractivity contribution in [3.8, 4) is 0 Å². The van der Waals surface area contributed by atoms with Crippen molar-refractivity contribution in [2.75, 3.05) is 7.11 Å². The van der Waals surface area contributed by atoms with E-state index < -0.39 is 24.2 Å². The van der Waals surface area contributed by atoms with Crippen molar-refractivity contribution in [3.05, 3.63) is 29.6 Å². The van der Waals surface area contributed by atoms with Crippen LogP contribution in [-0.4, -0.2) is 20.1 Å². The van der Waals surface area contributed by atoms with Crippen LogP contribution in [0, 0.1) is 5.82 Å². The lowest BCUT2D eigenvalue weighted by Gasteiger charge is -2.16. The lowest BCUT2D eigenvalue weighted by Crippen LogP contribution is -2.36. The van der Waals surface area contributed by atoms with Crippen LogP contribution in [0.1, 0.15) is 5.56 Å². The molecule has 88 valence electrons. The van der Waals surface area contributed by atoms with Crippen LogP contribution in [-0.2, 0) is 16.0 Å². The summed E-state index contributed by atoms with van der Waals surface area (Å²) >= 11 is 0. The van der Waals surface area contributed by atoms with Crippen LogP contribution >= 0.6 is 0 Å². The SMILES string of the molecule is COC(=O)Cc1ccc([B-](F)(F)F)c(F)c1. The van der Waals surface area contributed by atoms with Crippen LogP contribution in [0.15, 0.2) is 18.2 Å². The van der Waals surface area contributed by atoms with Crippen LogP contribution in [0.2, 0.25) is 0 Å². The van der Waals surface area contributed by atoms with Crippen molar-refractivity contribution < 1.29 is 26.9 Å². The van der Waals surface area contributed by atoms with Gasteiger partial charge in [0.15, 0.2) is 0 Å². The molecule has 0 saturated heterocycles. The molecule has 0 heterocycles. The quantitative estimate of drug-likeness (QED) is 0.451. The van der Waals surface area contributed by atoms with E-state index in [1.807, 2.05) is 0 Å². The number of benzene rings is 1. The molecule has 0 atom stereocenters. The Bertz CT molecular complexity index is 403. The number of methoxy groups -OCH3 is 1. The van der Waals surface area contributed by atoms with E-state index in [9.17, 15) is 22.1 Å². The summed E-state index contributed by atoms with van der Waals surface area (Å²) in [6.45, 7) is -5.36. The summed E-state index contributed by atoms with van der Waals surface area (Å²) in [6, 6.07) is 2.39. The molecule has 0 fully saturated rings. The third kappa shape index (κ3) is 2.98. The van der Waals surface area contributed by atoms with E-state index in [0.717, 1.165) is 13.2 Å². The number of hydrogen-bond acceptors (Lipinski definition) is 2. The fourth-order valence-corrected chi connectivity index (χ4v) is 1.18. The minimum atomic E-state index is -5.36. The molecule has 0 aromatic heterocycles. The van der Waals surface area contributed by atoms with Crippen LogP contribution in [0.3, 0.4) is 0 Å². The molecule has 0 N–H and O–H groups in total. The van der Waals surface area contributed by atoms with E-state index in [-0.39, 0.29) is 12.0 Å². The number of hydrogen-bond donors (Lipinski definition) is 0. The molecule has 7 heteroatoms. The topological polar surface area (TPSA) is 26.3 Å². The predicted molar refractivity (Wildman–Crippen MR) is 50.8 cm³/mol. The summed E-state index contributed by atoms with van der Waals surface area (Å²) in [5.74, 6) is -2.00. The molecule has 1 aromatic carbocycles. The number of halogens is 4. The van der Waals surface area contributed by atoms with Crippen molar-refractivity contribution in [3.63, 3.8) is 0 Å². The molecule has 0 spiro atoms. The molecule has 2 nitrogen and oxygen atoms in total. The zero-order valence-electron chi connectivity index (χ0n) is 8.34. The van der Waals surface area contributed by atoms with Gasteiger partial charge in [0.25, 0.3) is 0 Å². The smallest absolute Gasteiger partial charge is 0.469 e. The maximum atomic E-state index is 13.0. The number of carbonyl (C=O) groups is 1. The van der Waals surface area contributed by atoms with Crippen molar-refractivity contribution in [1.29, 1.82) is 0 Å². The van der Waals surface area contributed by atoms with E-state index in [1.165, 1.54) is 0 Å². The highest BCUT2D eigenvalue weighted by Crippen LogP contribution is 2.13. The Morgan fingerprint density at radius 3 is 2.44 bits per heavy atom. The molecule has 0 amide bonds. The highest BCUT2D eigenvalue weighted by atomic mass is 19.4. The second kappa shape index (κ2) is 4.55. The van der Waals surface area contributed by atoms with E-state index in [0.29, 0.717) is 12.1 Å². The van der Waals surface area contributed by atoms with E-state index >= 15 is 0 Å². The van der Waals surface area contributed by atoms with Crippen molar-refractivity contribution in [1.82, 2.24) is 0 Å². The summed E-state index contributed by atoms with van der Waals surface area (Å²) in [5.41, 5.74) is -1.14. The van der Waals surface area contributed by atoms with Crippen molar-refractivity contribution in [2.45, 2.75) is 6.42 Å². The predicted octanol–water partition coefficient (Wildman–Crippen LogP) is 1.60. The fraction of sp³-hybridized carbons (Fsp3) is 0.222. The highest BCUT2D eigenvalue weighted by Gasteiger charge is 2.28. The van der Waals surface area contributed by atoms with Gasteiger partial charge in [0, 0.05) is 0 Å². The first-order valence-electron chi connectivity index (χ1n) is 4.39. The Kier molecular flexibility index (Phi) is 3.56. The first-order valence-corrected chi connectivity index (χ1v) is 4.39. The van der Waals surface area contributed by atoms with Gasteiger partial charge in [-0.3, -0.25) is 4.79 Å². The molecular formula is C9H8BF4O2-. The average molecular weight is 235 g/mol. The van der Waals surface area contributed by atoms with Crippen LogP contribution in [0.4, 0.5) is 17.3 Å². The second-order valence-corrected chi connectivity index (χ2v) is 3.18. The van der Waals surface area contributed by atoms with Gasteiger partial charge >= 0.3 is 12.9 Å². The maximum absolute atomic E-state index is 13.0. The summed E-state index contributed by atoms with van der Waals surface area (Å²) in [6.07, 6.45) is -0.251. The second-order valence-electron chi connectivity index (χ2n) is 3.18. The molecule has 0 aliphatic rings. The van der Waals surface area contributed by atoms with Gasteiger partial charge in [-0.1, -0.05) is 17.6 Å². The Balaban J connectivity index is 2.96. The monoisotopic (exact) mass is 235 g/mol. The Morgan fingerprint density at radius 2 is 2.00 bits per heavy atom. The highest BCUT2D eigenvalue weighted by molar-refractivity contribution is 6.73. The van der Waals surface area contributed by atoms with Gasteiger partial charge in [0.1, 0.15) is 0 Å². The average Bonchev–Trinajstić information content (AvgIpc) is 2.15. The fourth-order valence-electron chi connectivity index (χ4n) is 1.18. The van der Waals surface area contributed by atoms with Gasteiger partial charge in [-0.15, -0.1) is 0 Å². The Morgan fingerprint density at radius 1 is 1.38 bits per heavy atom. The van der Waals surface area contributed by atoms with Crippen LogP contribution < -0.4 is 5.46 Å². The molecule has 0 aliphatic heterocycles. The minimum Gasteiger partial charge on any atom is -0.469 e. The van der Waals surface area contributed by atoms with Gasteiger partial charge in [0.05, 0.1) is 19.3 Å². The van der Waals surface area contributed by atoms with E-state index in [1.54, 1.807) is 0 Å². The Hall–Kier alpha value is -1.53. The number of rotatable bonds is 3. The standard InChI is InChI=1S/C9H8BF4O2/c1-16-9(15)5-6-2-3-7(8(11)4-6)10(12,13)14/h2-4H,5H2,1H3/q-1. The van der Waals surface area contributed by atoms with Crippen molar-refractivity contribution >= 4 is 18.4 Å². The van der Waals surface area contributed by atoms with Gasteiger partial charge in [-0.25, -0.2) is 4.39 Å².